The normalized spacial score (nSPS) is 24.1. The van der Waals surface area contributed by atoms with Crippen molar-refractivity contribution in [3.05, 3.63) is 35.4 Å². The van der Waals surface area contributed by atoms with E-state index in [9.17, 15) is 0 Å². The lowest BCUT2D eigenvalue weighted by atomic mass is 9.78. The molecular formula is C14H21NS. The molecule has 0 amide bonds. The second-order valence-electron chi connectivity index (χ2n) is 4.66. The van der Waals surface area contributed by atoms with Gasteiger partial charge >= 0.3 is 0 Å². The van der Waals surface area contributed by atoms with Gasteiger partial charge in [-0.25, -0.2) is 0 Å². The number of nitrogens with two attached hydrogens (primary N) is 1. The molecule has 2 atom stereocenters. The smallest absolute Gasteiger partial charge is 0.0326 e. The monoisotopic (exact) mass is 235 g/mol. The van der Waals surface area contributed by atoms with Gasteiger partial charge in [-0.05, 0) is 54.7 Å². The van der Waals surface area contributed by atoms with Gasteiger partial charge in [-0.1, -0.05) is 24.3 Å². The molecule has 1 aliphatic rings. The zero-order valence-corrected chi connectivity index (χ0v) is 10.8. The summed E-state index contributed by atoms with van der Waals surface area (Å²) in [7, 11) is 0. The topological polar surface area (TPSA) is 26.0 Å². The molecule has 16 heavy (non-hydrogen) atoms. The molecule has 2 unspecified atom stereocenters. The van der Waals surface area contributed by atoms with Gasteiger partial charge in [0.1, 0.15) is 0 Å². The van der Waals surface area contributed by atoms with E-state index in [1.807, 2.05) is 11.8 Å². The molecule has 2 heteroatoms. The zero-order chi connectivity index (χ0) is 11.4. The molecule has 88 valence electrons. The first kappa shape index (κ1) is 12.0. The van der Waals surface area contributed by atoms with Crippen molar-refractivity contribution in [2.75, 3.05) is 12.0 Å². The SMILES string of the molecule is CSCCCC1CCc2ccccc2C1N. The van der Waals surface area contributed by atoms with Crippen LogP contribution in [0.2, 0.25) is 0 Å². The summed E-state index contributed by atoms with van der Waals surface area (Å²) in [5.41, 5.74) is 9.23. The zero-order valence-electron chi connectivity index (χ0n) is 9.99. The van der Waals surface area contributed by atoms with Crippen LogP contribution in [-0.2, 0) is 6.42 Å². The van der Waals surface area contributed by atoms with E-state index in [4.69, 9.17) is 5.73 Å². The fourth-order valence-corrected chi connectivity index (χ4v) is 3.13. The Morgan fingerprint density at radius 3 is 3.00 bits per heavy atom. The maximum atomic E-state index is 6.37. The Balaban J connectivity index is 2.00. The van der Waals surface area contributed by atoms with Crippen LogP contribution < -0.4 is 5.73 Å². The predicted octanol–water partition coefficient (Wildman–Crippen LogP) is 3.39. The third-order valence-corrected chi connectivity index (χ3v) is 4.33. The van der Waals surface area contributed by atoms with Gasteiger partial charge in [0, 0.05) is 6.04 Å². The molecule has 1 aliphatic carbocycles. The van der Waals surface area contributed by atoms with Crippen molar-refractivity contribution in [1.82, 2.24) is 0 Å². The van der Waals surface area contributed by atoms with Crippen molar-refractivity contribution in [2.24, 2.45) is 11.7 Å². The van der Waals surface area contributed by atoms with E-state index in [1.165, 1.54) is 42.6 Å². The van der Waals surface area contributed by atoms with E-state index < -0.39 is 0 Å². The number of aryl methyl sites for hydroxylation is 1. The minimum Gasteiger partial charge on any atom is -0.324 e. The molecule has 0 saturated carbocycles. The van der Waals surface area contributed by atoms with Crippen molar-refractivity contribution >= 4 is 11.8 Å². The lowest BCUT2D eigenvalue weighted by Gasteiger charge is -2.31. The van der Waals surface area contributed by atoms with Crippen LogP contribution in [0, 0.1) is 5.92 Å². The Labute approximate surface area is 103 Å². The standard InChI is InChI=1S/C14H21NS/c1-16-10-4-6-12-9-8-11-5-2-3-7-13(11)14(12)15/h2-3,5,7,12,14H,4,6,8-10,15H2,1H3. The van der Waals surface area contributed by atoms with Crippen LogP contribution in [-0.4, -0.2) is 12.0 Å². The van der Waals surface area contributed by atoms with Gasteiger partial charge in [-0.2, -0.15) is 11.8 Å². The first-order valence-corrected chi connectivity index (χ1v) is 7.54. The first-order valence-electron chi connectivity index (χ1n) is 6.15. The minimum atomic E-state index is 0.270. The molecule has 0 aromatic heterocycles. The Bertz CT molecular complexity index is 337. The van der Waals surface area contributed by atoms with Crippen LogP contribution in [0.1, 0.15) is 36.4 Å². The highest BCUT2D eigenvalue weighted by molar-refractivity contribution is 7.98. The Morgan fingerprint density at radius 1 is 1.38 bits per heavy atom. The lowest BCUT2D eigenvalue weighted by molar-refractivity contribution is 0.353. The molecule has 2 rings (SSSR count). The Hall–Kier alpha value is -0.470. The molecule has 0 aliphatic heterocycles. The number of thioether (sulfide) groups is 1. The summed E-state index contributed by atoms with van der Waals surface area (Å²) in [4.78, 5) is 0. The molecule has 0 radical (unpaired) electrons. The predicted molar refractivity (Wildman–Crippen MR) is 72.8 cm³/mol. The largest absolute Gasteiger partial charge is 0.324 e. The third-order valence-electron chi connectivity index (χ3n) is 3.63. The Morgan fingerprint density at radius 2 is 2.19 bits per heavy atom. The van der Waals surface area contributed by atoms with E-state index in [-0.39, 0.29) is 6.04 Å². The van der Waals surface area contributed by atoms with Crippen LogP contribution in [0.15, 0.2) is 24.3 Å². The molecule has 0 saturated heterocycles. The van der Waals surface area contributed by atoms with Gasteiger partial charge in [0.2, 0.25) is 0 Å². The number of hydrogen-bond acceptors (Lipinski definition) is 2. The summed E-state index contributed by atoms with van der Waals surface area (Å²) < 4.78 is 0. The highest BCUT2D eigenvalue weighted by Gasteiger charge is 2.25. The van der Waals surface area contributed by atoms with E-state index >= 15 is 0 Å². The van der Waals surface area contributed by atoms with Crippen molar-refractivity contribution in [1.29, 1.82) is 0 Å². The van der Waals surface area contributed by atoms with E-state index in [1.54, 1.807) is 0 Å². The van der Waals surface area contributed by atoms with Crippen LogP contribution in [0.25, 0.3) is 0 Å². The summed E-state index contributed by atoms with van der Waals surface area (Å²) in [5.74, 6) is 1.97. The number of rotatable bonds is 4. The Kier molecular flexibility index (Phi) is 4.30. The summed E-state index contributed by atoms with van der Waals surface area (Å²) >= 11 is 1.94. The van der Waals surface area contributed by atoms with Crippen LogP contribution in [0.5, 0.6) is 0 Å². The second-order valence-corrected chi connectivity index (χ2v) is 5.64. The van der Waals surface area contributed by atoms with E-state index in [0.29, 0.717) is 5.92 Å². The molecule has 1 nitrogen and oxygen atoms in total. The van der Waals surface area contributed by atoms with Gasteiger partial charge in [0.05, 0.1) is 0 Å². The molecular weight excluding hydrogens is 214 g/mol. The van der Waals surface area contributed by atoms with Crippen molar-refractivity contribution in [2.45, 2.75) is 31.7 Å². The molecule has 1 aromatic carbocycles. The molecule has 2 N–H and O–H groups in total. The van der Waals surface area contributed by atoms with Crippen LogP contribution in [0.3, 0.4) is 0 Å². The maximum Gasteiger partial charge on any atom is 0.0326 e. The molecule has 1 aromatic rings. The van der Waals surface area contributed by atoms with Crippen molar-refractivity contribution < 1.29 is 0 Å². The van der Waals surface area contributed by atoms with E-state index in [0.717, 1.165) is 0 Å². The first-order chi connectivity index (χ1) is 7.83. The maximum absolute atomic E-state index is 6.37. The molecule has 0 heterocycles. The van der Waals surface area contributed by atoms with Gasteiger partial charge in [-0.15, -0.1) is 0 Å². The van der Waals surface area contributed by atoms with Crippen molar-refractivity contribution in [3.63, 3.8) is 0 Å². The summed E-state index contributed by atoms with van der Waals surface area (Å²) in [6.07, 6.45) is 7.26. The fourth-order valence-electron chi connectivity index (χ4n) is 2.68. The second kappa shape index (κ2) is 5.74. The summed E-state index contributed by atoms with van der Waals surface area (Å²) in [6, 6.07) is 8.95. The van der Waals surface area contributed by atoms with Gasteiger partial charge in [-0.3, -0.25) is 0 Å². The van der Waals surface area contributed by atoms with Gasteiger partial charge < -0.3 is 5.73 Å². The highest BCUT2D eigenvalue weighted by Crippen LogP contribution is 2.35. The highest BCUT2D eigenvalue weighted by atomic mass is 32.2. The van der Waals surface area contributed by atoms with E-state index in [2.05, 4.69) is 30.5 Å². The summed E-state index contributed by atoms with van der Waals surface area (Å²) in [6.45, 7) is 0. The third kappa shape index (κ3) is 2.61. The van der Waals surface area contributed by atoms with Crippen molar-refractivity contribution in [3.8, 4) is 0 Å². The summed E-state index contributed by atoms with van der Waals surface area (Å²) in [5, 5.41) is 0. The molecule has 0 bridgehead atoms. The lowest BCUT2D eigenvalue weighted by Crippen LogP contribution is -2.27. The number of hydrogen-bond donors (Lipinski definition) is 1. The average Bonchev–Trinajstić information content (AvgIpc) is 2.33. The molecule has 0 fully saturated rings. The fraction of sp³-hybridized carbons (Fsp3) is 0.571. The van der Waals surface area contributed by atoms with Crippen LogP contribution >= 0.6 is 11.8 Å². The minimum absolute atomic E-state index is 0.270. The van der Waals surface area contributed by atoms with Gasteiger partial charge in [0.15, 0.2) is 0 Å². The quantitative estimate of drug-likeness (QED) is 0.810. The van der Waals surface area contributed by atoms with Crippen LogP contribution in [0.4, 0.5) is 0 Å². The molecule has 0 spiro atoms. The number of fused-ring (bicyclic) bond motifs is 1. The average molecular weight is 235 g/mol. The van der Waals surface area contributed by atoms with Gasteiger partial charge in [0.25, 0.3) is 0 Å². The number of benzene rings is 1.